The number of hydrogen-bond donors (Lipinski definition) is 0. The smallest absolute Gasteiger partial charge is 0.312 e. The van der Waals surface area contributed by atoms with Crippen molar-refractivity contribution < 1.29 is 18.4 Å². The van der Waals surface area contributed by atoms with Crippen molar-refractivity contribution in [2.45, 2.75) is 84.7 Å². The van der Waals surface area contributed by atoms with E-state index in [4.69, 9.17) is 9.05 Å². The van der Waals surface area contributed by atoms with Crippen molar-refractivity contribution in [1.29, 1.82) is 0 Å². The minimum Gasteiger partial charge on any atom is -0.312 e. The Morgan fingerprint density at radius 3 is 1.76 bits per heavy atom. The molecule has 0 fully saturated rings. The first-order valence-electron chi connectivity index (χ1n) is 10.3. The third kappa shape index (κ3) is 6.91. The van der Waals surface area contributed by atoms with E-state index in [1.807, 2.05) is 19.9 Å². The zero-order chi connectivity index (χ0) is 22.7. The molecule has 0 aromatic heterocycles. The van der Waals surface area contributed by atoms with Crippen molar-refractivity contribution in [3.63, 3.8) is 0 Å². The van der Waals surface area contributed by atoms with Crippen LogP contribution in [-0.4, -0.2) is 25.2 Å². The Labute approximate surface area is 177 Å². The van der Waals surface area contributed by atoms with Gasteiger partial charge in [-0.2, -0.15) is 0 Å². The van der Waals surface area contributed by atoms with Crippen molar-refractivity contribution in [2.75, 3.05) is 13.8 Å². The third-order valence-corrected chi connectivity index (χ3v) is 6.72. The van der Waals surface area contributed by atoms with Crippen molar-refractivity contribution in [1.82, 2.24) is 0 Å². The minimum atomic E-state index is -3.29. The molecule has 1 atom stereocenters. The van der Waals surface area contributed by atoms with Crippen molar-refractivity contribution in [3.8, 4) is 0 Å². The number of carbonyl (C=O) groups is 1. The summed E-state index contributed by atoms with van der Waals surface area (Å²) in [5.41, 5.74) is 2.28. The third-order valence-electron chi connectivity index (χ3n) is 5.38. The van der Waals surface area contributed by atoms with E-state index < -0.39 is 13.2 Å². The Morgan fingerprint density at radius 2 is 1.41 bits per heavy atom. The Bertz CT molecular complexity index is 758. The van der Waals surface area contributed by atoms with E-state index in [1.54, 1.807) is 6.08 Å². The second-order valence-electron chi connectivity index (χ2n) is 9.79. The lowest BCUT2D eigenvalue weighted by molar-refractivity contribution is -0.130. The van der Waals surface area contributed by atoms with Gasteiger partial charge in [-0.15, -0.1) is 0 Å². The molecule has 0 saturated carbocycles. The maximum absolute atomic E-state index is 13.1. The standard InChI is InChI=1S/C24H39O4P/c1-11-24(12-2,28-29(10,26)27-9)21(25)14-13-18-15-19(22(3,4)5)17-20(16-18)23(6,7)8/h13-17H,11-12H2,1-10H3. The summed E-state index contributed by atoms with van der Waals surface area (Å²) in [6.45, 7) is 18.2. The Hall–Kier alpha value is -1.22. The van der Waals surface area contributed by atoms with Gasteiger partial charge in [0.2, 0.25) is 0 Å². The number of hydrogen-bond acceptors (Lipinski definition) is 4. The van der Waals surface area contributed by atoms with Gasteiger partial charge in [-0.25, -0.2) is 0 Å². The van der Waals surface area contributed by atoms with Crippen LogP contribution >= 0.6 is 7.60 Å². The highest BCUT2D eigenvalue weighted by atomic mass is 31.2. The van der Waals surface area contributed by atoms with Crippen molar-refractivity contribution in [3.05, 3.63) is 41.0 Å². The van der Waals surface area contributed by atoms with Crippen molar-refractivity contribution >= 4 is 19.5 Å². The van der Waals surface area contributed by atoms with Gasteiger partial charge < -0.3 is 4.52 Å². The lowest BCUT2D eigenvalue weighted by Crippen LogP contribution is -2.38. The van der Waals surface area contributed by atoms with Crippen LogP contribution in [0.5, 0.6) is 0 Å². The molecule has 29 heavy (non-hydrogen) atoms. The van der Waals surface area contributed by atoms with E-state index in [1.165, 1.54) is 24.9 Å². The van der Waals surface area contributed by atoms with Gasteiger partial charge in [0.05, 0.1) is 0 Å². The second-order valence-corrected chi connectivity index (χ2v) is 11.9. The fourth-order valence-corrected chi connectivity index (χ4v) is 4.12. The van der Waals surface area contributed by atoms with E-state index in [2.05, 4.69) is 59.7 Å². The molecule has 0 aliphatic carbocycles. The Morgan fingerprint density at radius 1 is 0.966 bits per heavy atom. The molecular weight excluding hydrogens is 383 g/mol. The van der Waals surface area contributed by atoms with Gasteiger partial charge in [-0.1, -0.05) is 79.7 Å². The van der Waals surface area contributed by atoms with Gasteiger partial charge in [0.25, 0.3) is 0 Å². The molecule has 4 nitrogen and oxygen atoms in total. The van der Waals surface area contributed by atoms with E-state index in [0.29, 0.717) is 12.8 Å². The van der Waals surface area contributed by atoms with E-state index in [-0.39, 0.29) is 16.6 Å². The van der Waals surface area contributed by atoms with Crippen molar-refractivity contribution in [2.24, 2.45) is 0 Å². The predicted molar refractivity (Wildman–Crippen MR) is 123 cm³/mol. The fraction of sp³-hybridized carbons (Fsp3) is 0.625. The molecule has 0 bridgehead atoms. The monoisotopic (exact) mass is 422 g/mol. The molecule has 0 N–H and O–H groups in total. The number of rotatable bonds is 8. The summed E-state index contributed by atoms with van der Waals surface area (Å²) in [5, 5.41) is 0. The zero-order valence-electron chi connectivity index (χ0n) is 19.9. The summed E-state index contributed by atoms with van der Waals surface area (Å²) in [4.78, 5) is 13.1. The molecular formula is C24H39O4P. The highest BCUT2D eigenvalue weighted by Crippen LogP contribution is 2.49. The lowest BCUT2D eigenvalue weighted by atomic mass is 9.79. The molecule has 0 aliphatic rings. The molecule has 1 aromatic carbocycles. The first-order valence-corrected chi connectivity index (χ1v) is 12.3. The van der Waals surface area contributed by atoms with Gasteiger partial charge >= 0.3 is 7.60 Å². The van der Waals surface area contributed by atoms with E-state index >= 15 is 0 Å². The van der Waals surface area contributed by atoms with E-state index in [0.717, 1.165) is 5.56 Å². The summed E-state index contributed by atoms with van der Waals surface area (Å²) in [6, 6.07) is 6.50. The van der Waals surface area contributed by atoms with Gasteiger partial charge in [0.15, 0.2) is 5.78 Å². The van der Waals surface area contributed by atoms with Crippen LogP contribution in [0.15, 0.2) is 24.3 Å². The summed E-state index contributed by atoms with van der Waals surface area (Å²) >= 11 is 0. The van der Waals surface area contributed by atoms with Gasteiger partial charge in [-0.3, -0.25) is 13.9 Å². The Kier molecular flexibility index (Phi) is 8.27. The predicted octanol–water partition coefficient (Wildman–Crippen LogP) is 6.91. The van der Waals surface area contributed by atoms with Gasteiger partial charge in [0.1, 0.15) is 5.60 Å². The molecule has 1 rings (SSSR count). The first-order chi connectivity index (χ1) is 13.1. The highest BCUT2D eigenvalue weighted by Gasteiger charge is 2.39. The molecule has 5 heteroatoms. The van der Waals surface area contributed by atoms with Gasteiger partial charge in [-0.05, 0) is 46.4 Å². The molecule has 0 heterocycles. The van der Waals surface area contributed by atoms with Gasteiger partial charge in [0, 0.05) is 13.8 Å². The first kappa shape index (κ1) is 25.8. The summed E-state index contributed by atoms with van der Waals surface area (Å²) < 4.78 is 23.1. The summed E-state index contributed by atoms with van der Waals surface area (Å²) in [5.74, 6) is -0.194. The second kappa shape index (κ2) is 9.29. The largest absolute Gasteiger partial charge is 0.328 e. The molecule has 0 spiro atoms. The average molecular weight is 423 g/mol. The number of ketones is 1. The molecule has 0 amide bonds. The van der Waals surface area contributed by atoms with Crippen LogP contribution in [-0.2, 0) is 29.2 Å². The SMILES string of the molecule is CCC(CC)(OP(C)(=O)OC)C(=O)C=Cc1cc(C(C)(C)C)cc(C(C)(C)C)c1. The zero-order valence-corrected chi connectivity index (χ0v) is 20.8. The molecule has 0 saturated heterocycles. The molecule has 1 unspecified atom stereocenters. The van der Waals surface area contributed by atoms with Crippen LogP contribution in [0.1, 0.15) is 84.9 Å². The quantitative estimate of drug-likeness (QED) is 0.337. The lowest BCUT2D eigenvalue weighted by Gasteiger charge is -2.31. The number of carbonyl (C=O) groups excluding carboxylic acids is 1. The van der Waals surface area contributed by atoms with Crippen LogP contribution < -0.4 is 0 Å². The summed E-state index contributed by atoms with van der Waals surface area (Å²) in [7, 11) is -1.96. The van der Waals surface area contributed by atoms with Crippen LogP contribution in [0.3, 0.4) is 0 Å². The maximum atomic E-state index is 13.1. The van der Waals surface area contributed by atoms with Crippen LogP contribution in [0.4, 0.5) is 0 Å². The minimum absolute atomic E-state index is 0.000874. The average Bonchev–Trinajstić information content (AvgIpc) is 2.62. The number of benzene rings is 1. The topological polar surface area (TPSA) is 52.6 Å². The van der Waals surface area contributed by atoms with Crippen LogP contribution in [0.2, 0.25) is 0 Å². The Balaban J connectivity index is 3.36. The van der Waals surface area contributed by atoms with E-state index in [9.17, 15) is 9.36 Å². The highest BCUT2D eigenvalue weighted by molar-refractivity contribution is 7.53. The molecule has 1 aromatic rings. The molecule has 0 radical (unpaired) electrons. The van der Waals surface area contributed by atoms with Crippen LogP contribution in [0, 0.1) is 0 Å². The summed E-state index contributed by atoms with van der Waals surface area (Å²) in [6.07, 6.45) is 4.23. The van der Waals surface area contributed by atoms with Crippen LogP contribution in [0.25, 0.3) is 6.08 Å². The fourth-order valence-electron chi connectivity index (χ4n) is 3.06. The maximum Gasteiger partial charge on any atom is 0.328 e. The molecule has 0 aliphatic heterocycles. The normalized spacial score (nSPS) is 15.5. The molecule has 164 valence electrons.